The first-order valence-corrected chi connectivity index (χ1v) is 7.70. The van der Waals surface area contributed by atoms with E-state index < -0.39 is 0 Å². The normalized spacial score (nSPS) is 10.2. The van der Waals surface area contributed by atoms with Gasteiger partial charge >= 0.3 is 0 Å². The van der Waals surface area contributed by atoms with Gasteiger partial charge in [0, 0.05) is 23.9 Å². The standard InChI is InChI=1S/C19H22N2O3/c1-12-9-13(2)17(18(10-12)24-4)11-19(23)21-16-7-5-15(6-8-16)20-14(3)22/h5-10H,11H2,1-4H3,(H,20,22)(H,21,23). The van der Waals surface area contributed by atoms with Crippen molar-refractivity contribution in [2.45, 2.75) is 27.2 Å². The number of carbonyl (C=O) groups excluding carboxylic acids is 2. The molecule has 5 heteroatoms. The highest BCUT2D eigenvalue weighted by molar-refractivity contribution is 5.93. The molecule has 5 nitrogen and oxygen atoms in total. The summed E-state index contributed by atoms with van der Waals surface area (Å²) >= 11 is 0. The lowest BCUT2D eigenvalue weighted by Gasteiger charge is -2.13. The molecule has 0 fully saturated rings. The fraction of sp³-hybridized carbons (Fsp3) is 0.263. The minimum atomic E-state index is -0.131. The van der Waals surface area contributed by atoms with Crippen LogP contribution >= 0.6 is 0 Å². The summed E-state index contributed by atoms with van der Waals surface area (Å²) in [5.74, 6) is 0.477. The SMILES string of the molecule is COc1cc(C)cc(C)c1CC(=O)Nc1ccc(NC(C)=O)cc1. The molecule has 2 aromatic rings. The van der Waals surface area contributed by atoms with Crippen LogP contribution in [0.2, 0.25) is 0 Å². The van der Waals surface area contributed by atoms with Crippen molar-refractivity contribution in [1.82, 2.24) is 0 Å². The number of methoxy groups -OCH3 is 1. The Bertz CT molecular complexity index is 752. The van der Waals surface area contributed by atoms with Crippen molar-refractivity contribution in [3.63, 3.8) is 0 Å². The molecule has 0 aliphatic heterocycles. The second kappa shape index (κ2) is 7.64. The molecule has 0 spiro atoms. The maximum Gasteiger partial charge on any atom is 0.228 e. The van der Waals surface area contributed by atoms with Gasteiger partial charge in [-0.25, -0.2) is 0 Å². The topological polar surface area (TPSA) is 67.4 Å². The number of aryl methyl sites for hydroxylation is 2. The Hall–Kier alpha value is -2.82. The highest BCUT2D eigenvalue weighted by Gasteiger charge is 2.12. The number of hydrogen-bond donors (Lipinski definition) is 2. The highest BCUT2D eigenvalue weighted by Crippen LogP contribution is 2.25. The Balaban J connectivity index is 2.07. The lowest BCUT2D eigenvalue weighted by molar-refractivity contribution is -0.116. The van der Waals surface area contributed by atoms with Crippen LogP contribution in [0.5, 0.6) is 5.75 Å². The Kier molecular flexibility index (Phi) is 5.58. The van der Waals surface area contributed by atoms with E-state index in [1.165, 1.54) is 6.92 Å². The van der Waals surface area contributed by atoms with Gasteiger partial charge in [-0.15, -0.1) is 0 Å². The molecule has 24 heavy (non-hydrogen) atoms. The molecule has 0 bridgehead atoms. The fourth-order valence-corrected chi connectivity index (χ4v) is 2.57. The van der Waals surface area contributed by atoms with Gasteiger partial charge in [-0.2, -0.15) is 0 Å². The summed E-state index contributed by atoms with van der Waals surface area (Å²) in [5, 5.41) is 5.54. The zero-order valence-corrected chi connectivity index (χ0v) is 14.4. The summed E-state index contributed by atoms with van der Waals surface area (Å²) < 4.78 is 5.39. The third-order valence-corrected chi connectivity index (χ3v) is 3.62. The van der Waals surface area contributed by atoms with Crippen LogP contribution in [-0.2, 0) is 16.0 Å². The van der Waals surface area contributed by atoms with Gasteiger partial charge in [0.05, 0.1) is 13.5 Å². The lowest BCUT2D eigenvalue weighted by atomic mass is 10.0. The van der Waals surface area contributed by atoms with E-state index in [2.05, 4.69) is 10.6 Å². The lowest BCUT2D eigenvalue weighted by Crippen LogP contribution is -2.16. The summed E-state index contributed by atoms with van der Waals surface area (Å²) in [6.45, 7) is 5.42. The van der Waals surface area contributed by atoms with Crippen molar-refractivity contribution in [3.05, 3.63) is 53.1 Å². The van der Waals surface area contributed by atoms with Crippen LogP contribution in [0.3, 0.4) is 0 Å². The molecule has 0 unspecified atom stereocenters. The smallest absolute Gasteiger partial charge is 0.228 e. The molecule has 2 N–H and O–H groups in total. The van der Waals surface area contributed by atoms with E-state index in [1.54, 1.807) is 31.4 Å². The van der Waals surface area contributed by atoms with Crippen molar-refractivity contribution in [2.24, 2.45) is 0 Å². The third-order valence-electron chi connectivity index (χ3n) is 3.62. The van der Waals surface area contributed by atoms with Gasteiger partial charge in [-0.05, 0) is 55.3 Å². The van der Waals surface area contributed by atoms with Gasteiger partial charge in [-0.3, -0.25) is 9.59 Å². The number of rotatable bonds is 5. The molecule has 0 aliphatic rings. The number of hydrogen-bond acceptors (Lipinski definition) is 3. The molecule has 0 saturated heterocycles. The van der Waals surface area contributed by atoms with Crippen LogP contribution in [0.4, 0.5) is 11.4 Å². The zero-order chi connectivity index (χ0) is 17.7. The van der Waals surface area contributed by atoms with Crippen molar-refractivity contribution in [3.8, 4) is 5.75 Å². The van der Waals surface area contributed by atoms with Crippen LogP contribution in [0.1, 0.15) is 23.6 Å². The Labute approximate surface area is 142 Å². The summed E-state index contributed by atoms with van der Waals surface area (Å²) in [6.07, 6.45) is 0.239. The summed E-state index contributed by atoms with van der Waals surface area (Å²) in [4.78, 5) is 23.3. The van der Waals surface area contributed by atoms with Crippen LogP contribution < -0.4 is 15.4 Å². The first-order chi connectivity index (χ1) is 11.4. The number of carbonyl (C=O) groups is 2. The summed E-state index contributed by atoms with van der Waals surface area (Å²) in [5.41, 5.74) is 4.38. The molecule has 2 amide bonds. The molecular formula is C19H22N2O3. The van der Waals surface area contributed by atoms with Gasteiger partial charge in [0.15, 0.2) is 0 Å². The first-order valence-electron chi connectivity index (χ1n) is 7.70. The molecule has 0 aliphatic carbocycles. The first kappa shape index (κ1) is 17.5. The Morgan fingerprint density at radius 1 is 1.00 bits per heavy atom. The van der Waals surface area contributed by atoms with Crippen molar-refractivity contribution >= 4 is 23.2 Å². The number of ether oxygens (including phenoxy) is 1. The maximum atomic E-state index is 12.3. The molecule has 126 valence electrons. The van der Waals surface area contributed by atoms with Crippen LogP contribution in [0.25, 0.3) is 0 Å². The summed E-state index contributed by atoms with van der Waals surface area (Å²) in [7, 11) is 1.61. The molecule has 2 rings (SSSR count). The molecule has 0 heterocycles. The molecule has 0 saturated carbocycles. The van der Waals surface area contributed by atoms with E-state index in [0.29, 0.717) is 11.4 Å². The van der Waals surface area contributed by atoms with E-state index in [0.717, 1.165) is 22.4 Å². The second-order valence-corrected chi connectivity index (χ2v) is 5.75. The van der Waals surface area contributed by atoms with Gasteiger partial charge < -0.3 is 15.4 Å². The Morgan fingerprint density at radius 3 is 2.12 bits per heavy atom. The predicted octanol–water partition coefficient (Wildman–Crippen LogP) is 3.45. The van der Waals surface area contributed by atoms with Crippen LogP contribution in [-0.4, -0.2) is 18.9 Å². The van der Waals surface area contributed by atoms with E-state index in [1.807, 2.05) is 26.0 Å². The van der Waals surface area contributed by atoms with E-state index >= 15 is 0 Å². The van der Waals surface area contributed by atoms with Crippen LogP contribution in [0.15, 0.2) is 36.4 Å². The minimum absolute atomic E-state index is 0.118. The zero-order valence-electron chi connectivity index (χ0n) is 14.4. The monoisotopic (exact) mass is 326 g/mol. The average Bonchev–Trinajstić information content (AvgIpc) is 2.51. The molecule has 0 radical (unpaired) electrons. The highest BCUT2D eigenvalue weighted by atomic mass is 16.5. The van der Waals surface area contributed by atoms with E-state index in [4.69, 9.17) is 4.74 Å². The average molecular weight is 326 g/mol. The van der Waals surface area contributed by atoms with Gasteiger partial charge in [-0.1, -0.05) is 6.07 Å². The number of benzene rings is 2. The fourth-order valence-electron chi connectivity index (χ4n) is 2.57. The molecular weight excluding hydrogens is 304 g/mol. The molecule has 0 aromatic heterocycles. The van der Waals surface area contributed by atoms with Crippen molar-refractivity contribution < 1.29 is 14.3 Å². The van der Waals surface area contributed by atoms with Gasteiger partial charge in [0.25, 0.3) is 0 Å². The molecule has 2 aromatic carbocycles. The quantitative estimate of drug-likeness (QED) is 0.884. The number of amides is 2. The maximum absolute atomic E-state index is 12.3. The predicted molar refractivity (Wildman–Crippen MR) is 95.5 cm³/mol. The van der Waals surface area contributed by atoms with E-state index in [9.17, 15) is 9.59 Å². The van der Waals surface area contributed by atoms with Crippen LogP contribution in [0, 0.1) is 13.8 Å². The van der Waals surface area contributed by atoms with Gasteiger partial charge in [0.1, 0.15) is 5.75 Å². The van der Waals surface area contributed by atoms with E-state index in [-0.39, 0.29) is 18.2 Å². The minimum Gasteiger partial charge on any atom is -0.496 e. The Morgan fingerprint density at radius 2 is 1.58 bits per heavy atom. The summed E-state index contributed by atoms with van der Waals surface area (Å²) in [6, 6.07) is 11.0. The molecule has 0 atom stereocenters. The third kappa shape index (κ3) is 4.59. The number of nitrogens with one attached hydrogen (secondary N) is 2. The van der Waals surface area contributed by atoms with Crippen molar-refractivity contribution in [2.75, 3.05) is 17.7 Å². The van der Waals surface area contributed by atoms with Crippen molar-refractivity contribution in [1.29, 1.82) is 0 Å². The second-order valence-electron chi connectivity index (χ2n) is 5.75. The largest absolute Gasteiger partial charge is 0.496 e. The number of anilines is 2. The van der Waals surface area contributed by atoms with Gasteiger partial charge in [0.2, 0.25) is 11.8 Å².